The molecular weight excluding hydrogens is 282 g/mol. The standard InChI is InChI=1S/C17H35N3.C3H8/c1-3-4-5-6-9-19-12-14-20(15-13-19)16-17-7-10-18(2)11-8-17;1-3-2/h17H,3-16H2,1-2H3;3H2,1-2H3. The zero-order chi connectivity index (χ0) is 16.9. The lowest BCUT2D eigenvalue weighted by atomic mass is 9.96. The molecule has 3 heteroatoms. The van der Waals surface area contributed by atoms with E-state index in [2.05, 4.69) is 42.5 Å². The van der Waals surface area contributed by atoms with Crippen molar-refractivity contribution in [3.8, 4) is 0 Å². The van der Waals surface area contributed by atoms with Crippen molar-refractivity contribution in [1.82, 2.24) is 14.7 Å². The van der Waals surface area contributed by atoms with Crippen molar-refractivity contribution in [2.45, 2.75) is 65.7 Å². The van der Waals surface area contributed by atoms with E-state index in [1.807, 2.05) is 0 Å². The average Bonchev–Trinajstić information content (AvgIpc) is 2.56. The normalized spacial score (nSPS) is 21.9. The summed E-state index contributed by atoms with van der Waals surface area (Å²) < 4.78 is 0. The monoisotopic (exact) mass is 325 g/mol. The predicted molar refractivity (Wildman–Crippen MR) is 103 cm³/mol. The molecule has 23 heavy (non-hydrogen) atoms. The van der Waals surface area contributed by atoms with Gasteiger partial charge in [0.2, 0.25) is 0 Å². The fourth-order valence-electron chi connectivity index (χ4n) is 3.57. The topological polar surface area (TPSA) is 9.72 Å². The summed E-state index contributed by atoms with van der Waals surface area (Å²) in [6.07, 6.45) is 9.66. The van der Waals surface area contributed by atoms with Gasteiger partial charge in [-0.25, -0.2) is 0 Å². The van der Waals surface area contributed by atoms with Crippen LogP contribution in [-0.4, -0.2) is 74.1 Å². The first kappa shape index (κ1) is 20.9. The Hall–Kier alpha value is -0.120. The molecule has 2 aliphatic heterocycles. The summed E-state index contributed by atoms with van der Waals surface area (Å²) in [5, 5.41) is 0. The van der Waals surface area contributed by atoms with Crippen LogP contribution in [0, 0.1) is 5.92 Å². The molecule has 0 unspecified atom stereocenters. The van der Waals surface area contributed by atoms with Crippen LogP contribution in [0.1, 0.15) is 65.7 Å². The summed E-state index contributed by atoms with van der Waals surface area (Å²) in [6, 6.07) is 0. The molecule has 2 saturated heterocycles. The average molecular weight is 326 g/mol. The molecule has 2 fully saturated rings. The number of hydrogen-bond donors (Lipinski definition) is 0. The van der Waals surface area contributed by atoms with Gasteiger partial charge in [0.15, 0.2) is 0 Å². The number of nitrogens with zero attached hydrogens (tertiary/aromatic N) is 3. The minimum atomic E-state index is 0.960. The molecule has 0 aliphatic carbocycles. The smallest absolute Gasteiger partial charge is 0.0110 e. The molecule has 0 saturated carbocycles. The van der Waals surface area contributed by atoms with Gasteiger partial charge < -0.3 is 14.7 Å². The predicted octanol–water partition coefficient (Wildman–Crippen LogP) is 3.94. The van der Waals surface area contributed by atoms with Gasteiger partial charge in [-0.05, 0) is 51.9 Å². The first-order chi connectivity index (χ1) is 11.2. The molecule has 0 amide bonds. The highest BCUT2D eigenvalue weighted by Gasteiger charge is 2.22. The van der Waals surface area contributed by atoms with Gasteiger partial charge in [-0.3, -0.25) is 0 Å². The van der Waals surface area contributed by atoms with Gasteiger partial charge in [0.05, 0.1) is 0 Å². The zero-order valence-corrected chi connectivity index (χ0v) is 16.5. The minimum Gasteiger partial charge on any atom is -0.306 e. The molecule has 2 rings (SSSR count). The second kappa shape index (κ2) is 13.2. The highest BCUT2D eigenvalue weighted by molar-refractivity contribution is 4.77. The Balaban J connectivity index is 0.000000816. The van der Waals surface area contributed by atoms with Gasteiger partial charge in [-0.2, -0.15) is 0 Å². The lowest BCUT2D eigenvalue weighted by molar-refractivity contribution is 0.0989. The number of piperidine rings is 1. The first-order valence-corrected chi connectivity index (χ1v) is 10.3. The lowest BCUT2D eigenvalue weighted by Gasteiger charge is -2.38. The summed E-state index contributed by atoms with van der Waals surface area (Å²) >= 11 is 0. The van der Waals surface area contributed by atoms with Crippen LogP contribution in [-0.2, 0) is 0 Å². The van der Waals surface area contributed by atoms with E-state index < -0.39 is 0 Å². The van der Waals surface area contributed by atoms with Crippen LogP contribution >= 0.6 is 0 Å². The molecule has 0 aromatic rings. The Morgan fingerprint density at radius 2 is 1.30 bits per heavy atom. The summed E-state index contributed by atoms with van der Waals surface area (Å²) in [6.45, 7) is 17.1. The van der Waals surface area contributed by atoms with Crippen LogP contribution < -0.4 is 0 Å². The van der Waals surface area contributed by atoms with Crippen molar-refractivity contribution < 1.29 is 0 Å². The minimum absolute atomic E-state index is 0.960. The summed E-state index contributed by atoms with van der Waals surface area (Å²) in [4.78, 5) is 7.88. The molecule has 0 aromatic heterocycles. The fourth-order valence-corrected chi connectivity index (χ4v) is 3.57. The zero-order valence-electron chi connectivity index (χ0n) is 16.5. The third-order valence-electron chi connectivity index (χ3n) is 5.15. The Bertz CT molecular complexity index is 254. The Kier molecular flexibility index (Phi) is 12.0. The molecule has 2 heterocycles. The van der Waals surface area contributed by atoms with Crippen LogP contribution in [0.2, 0.25) is 0 Å². The molecule has 0 radical (unpaired) electrons. The van der Waals surface area contributed by atoms with Crippen molar-refractivity contribution >= 4 is 0 Å². The highest BCUT2D eigenvalue weighted by Crippen LogP contribution is 2.18. The fraction of sp³-hybridized carbons (Fsp3) is 1.00. The van der Waals surface area contributed by atoms with E-state index in [1.165, 1.54) is 97.3 Å². The van der Waals surface area contributed by atoms with Gasteiger partial charge in [0.25, 0.3) is 0 Å². The van der Waals surface area contributed by atoms with Crippen LogP contribution in [0.25, 0.3) is 0 Å². The second-order valence-electron chi connectivity index (χ2n) is 7.66. The van der Waals surface area contributed by atoms with Crippen LogP contribution in [0.15, 0.2) is 0 Å². The van der Waals surface area contributed by atoms with Crippen LogP contribution in [0.5, 0.6) is 0 Å². The maximum Gasteiger partial charge on any atom is 0.0110 e. The van der Waals surface area contributed by atoms with E-state index in [0.29, 0.717) is 0 Å². The number of likely N-dealkylation sites (tertiary alicyclic amines) is 1. The van der Waals surface area contributed by atoms with Crippen molar-refractivity contribution in [2.24, 2.45) is 5.92 Å². The molecule has 0 spiro atoms. The van der Waals surface area contributed by atoms with Gasteiger partial charge in [-0.15, -0.1) is 0 Å². The third kappa shape index (κ3) is 9.69. The lowest BCUT2D eigenvalue weighted by Crippen LogP contribution is -2.48. The second-order valence-corrected chi connectivity index (χ2v) is 7.66. The molecule has 0 atom stereocenters. The maximum atomic E-state index is 2.72. The number of rotatable bonds is 7. The maximum absolute atomic E-state index is 2.72. The number of unbranched alkanes of at least 4 members (excludes halogenated alkanes) is 3. The molecule has 0 aromatic carbocycles. The SMILES string of the molecule is CCC.CCCCCCN1CCN(CC2CCN(C)CC2)CC1. The summed E-state index contributed by atoms with van der Waals surface area (Å²) in [5.41, 5.74) is 0. The Labute approximate surface area is 146 Å². The van der Waals surface area contributed by atoms with Gasteiger partial charge in [0.1, 0.15) is 0 Å². The van der Waals surface area contributed by atoms with E-state index in [9.17, 15) is 0 Å². The van der Waals surface area contributed by atoms with Crippen LogP contribution in [0.3, 0.4) is 0 Å². The number of piperazine rings is 1. The van der Waals surface area contributed by atoms with Crippen molar-refractivity contribution in [3.63, 3.8) is 0 Å². The van der Waals surface area contributed by atoms with E-state index in [-0.39, 0.29) is 0 Å². The van der Waals surface area contributed by atoms with Crippen LogP contribution in [0.4, 0.5) is 0 Å². The molecule has 2 aliphatic rings. The Morgan fingerprint density at radius 3 is 1.87 bits per heavy atom. The van der Waals surface area contributed by atoms with E-state index in [1.54, 1.807) is 0 Å². The quantitative estimate of drug-likeness (QED) is 0.656. The largest absolute Gasteiger partial charge is 0.306 e. The Morgan fingerprint density at radius 1 is 0.739 bits per heavy atom. The van der Waals surface area contributed by atoms with Gasteiger partial charge >= 0.3 is 0 Å². The van der Waals surface area contributed by atoms with Gasteiger partial charge in [0, 0.05) is 32.7 Å². The molecule has 0 N–H and O–H groups in total. The van der Waals surface area contributed by atoms with E-state index in [4.69, 9.17) is 0 Å². The van der Waals surface area contributed by atoms with Crippen molar-refractivity contribution in [2.75, 3.05) is 59.4 Å². The van der Waals surface area contributed by atoms with Gasteiger partial charge in [-0.1, -0.05) is 46.5 Å². The first-order valence-electron chi connectivity index (χ1n) is 10.3. The third-order valence-corrected chi connectivity index (χ3v) is 5.15. The van der Waals surface area contributed by atoms with E-state index >= 15 is 0 Å². The van der Waals surface area contributed by atoms with E-state index in [0.717, 1.165) is 5.92 Å². The summed E-state index contributed by atoms with van der Waals surface area (Å²) in [7, 11) is 2.26. The van der Waals surface area contributed by atoms with Crippen molar-refractivity contribution in [1.29, 1.82) is 0 Å². The molecule has 138 valence electrons. The van der Waals surface area contributed by atoms with Crippen molar-refractivity contribution in [3.05, 3.63) is 0 Å². The number of hydrogen-bond acceptors (Lipinski definition) is 3. The molecule has 0 bridgehead atoms. The molecule has 3 nitrogen and oxygen atoms in total. The molecular formula is C20H43N3. The summed E-state index contributed by atoms with van der Waals surface area (Å²) in [5.74, 6) is 0.960. The highest BCUT2D eigenvalue weighted by atomic mass is 15.3.